The van der Waals surface area contributed by atoms with Crippen molar-refractivity contribution in [1.29, 1.82) is 0 Å². The second kappa shape index (κ2) is 26.0. The summed E-state index contributed by atoms with van der Waals surface area (Å²) in [5.74, 6) is -2.55. The fraction of sp³-hybridized carbons (Fsp3) is 0.885. The standard InChI is InChI=1S/C23H43NO5.C3H7.Na/c1-2-3-4-5-6-7-8-9-10-11-12-13-14-15-16-17-21(25)24-20(23(28)29)18-19-22(26)27;1-3-2;/h20H,2-19H2,1H3,(H,24,25)(H,26,27)(H,28,29);3H,1-2H3;/t20-;;/m0../s1. The zero-order valence-electron chi connectivity index (χ0n) is 22.0. The molecule has 7 heteroatoms. The molecular formula is C26H50NNaO5. The number of nitrogens with one attached hydrogen (secondary N) is 1. The van der Waals surface area contributed by atoms with E-state index in [4.69, 9.17) is 10.2 Å². The summed E-state index contributed by atoms with van der Waals surface area (Å²) in [5.41, 5.74) is 0. The van der Waals surface area contributed by atoms with Gasteiger partial charge in [0.25, 0.3) is 0 Å². The SMILES string of the molecule is CCCCCCCCCCCCCCCCCC(=O)N[C@@H](CCC(=O)O)C(=O)O.C[CH](C)[Na]. The maximum atomic E-state index is 11.8. The summed E-state index contributed by atoms with van der Waals surface area (Å²) in [5, 5.41) is 20.1. The number of carboxylic acid groups (broad SMARTS) is 2. The molecule has 190 valence electrons. The van der Waals surface area contributed by atoms with Gasteiger partial charge in [-0.3, -0.25) is 9.59 Å². The molecule has 0 radical (unpaired) electrons. The van der Waals surface area contributed by atoms with Gasteiger partial charge in [-0.1, -0.05) is 96.8 Å². The summed E-state index contributed by atoms with van der Waals surface area (Å²) in [6.07, 6.45) is 18.8. The van der Waals surface area contributed by atoms with Crippen molar-refractivity contribution in [3.63, 3.8) is 0 Å². The van der Waals surface area contributed by atoms with Crippen LogP contribution in [0.5, 0.6) is 0 Å². The van der Waals surface area contributed by atoms with Gasteiger partial charge in [0.15, 0.2) is 0 Å². The molecule has 1 atom stereocenters. The van der Waals surface area contributed by atoms with Gasteiger partial charge in [-0.25, -0.2) is 4.79 Å². The van der Waals surface area contributed by atoms with Gasteiger partial charge in [0.2, 0.25) is 5.91 Å². The van der Waals surface area contributed by atoms with Crippen LogP contribution >= 0.6 is 0 Å². The second-order valence-corrected chi connectivity index (χ2v) is 12.1. The van der Waals surface area contributed by atoms with Crippen LogP contribution < -0.4 is 5.32 Å². The van der Waals surface area contributed by atoms with Crippen molar-refractivity contribution in [3.8, 4) is 0 Å². The number of carbonyl (C=O) groups is 3. The van der Waals surface area contributed by atoms with E-state index in [1.54, 1.807) is 0 Å². The van der Waals surface area contributed by atoms with E-state index in [-0.39, 0.29) is 18.7 Å². The van der Waals surface area contributed by atoms with Gasteiger partial charge in [0.1, 0.15) is 6.04 Å². The van der Waals surface area contributed by atoms with Crippen molar-refractivity contribution in [2.75, 3.05) is 0 Å². The summed E-state index contributed by atoms with van der Waals surface area (Å²) >= 11 is 1.35. The van der Waals surface area contributed by atoms with E-state index in [2.05, 4.69) is 26.1 Å². The molecule has 0 unspecified atom stereocenters. The van der Waals surface area contributed by atoms with E-state index < -0.39 is 18.0 Å². The molecule has 0 rings (SSSR count). The maximum absolute atomic E-state index is 11.8. The number of rotatable bonds is 21. The Bertz CT molecular complexity index is 483. The Morgan fingerprint density at radius 2 is 1.06 bits per heavy atom. The van der Waals surface area contributed by atoms with Crippen LogP contribution in [-0.2, 0) is 14.4 Å². The second-order valence-electron chi connectivity index (χ2n) is 9.82. The zero-order valence-corrected chi connectivity index (χ0v) is 24.0. The molecule has 0 aromatic heterocycles. The van der Waals surface area contributed by atoms with E-state index in [1.807, 2.05) is 0 Å². The first-order chi connectivity index (χ1) is 15.7. The number of hydrogen-bond donors (Lipinski definition) is 3. The van der Waals surface area contributed by atoms with Crippen LogP contribution in [0.3, 0.4) is 0 Å². The average Bonchev–Trinajstić information content (AvgIpc) is 2.73. The van der Waals surface area contributed by atoms with Gasteiger partial charge < -0.3 is 15.5 Å². The Labute approximate surface area is 220 Å². The van der Waals surface area contributed by atoms with Gasteiger partial charge >= 0.3 is 56.9 Å². The van der Waals surface area contributed by atoms with Crippen molar-refractivity contribution >= 4 is 45.8 Å². The van der Waals surface area contributed by atoms with Crippen LogP contribution in [0.25, 0.3) is 0 Å². The summed E-state index contributed by atoms with van der Waals surface area (Å²) in [6, 6.07) is -1.12. The van der Waals surface area contributed by atoms with Crippen LogP contribution in [0.15, 0.2) is 0 Å². The summed E-state index contributed by atoms with van der Waals surface area (Å²) in [6.45, 7) is 6.71. The molecule has 6 nitrogen and oxygen atoms in total. The Morgan fingerprint density at radius 3 is 1.39 bits per heavy atom. The van der Waals surface area contributed by atoms with E-state index in [1.165, 1.54) is 105 Å². The first kappa shape index (κ1) is 34.6. The molecule has 0 bridgehead atoms. The predicted octanol–water partition coefficient (Wildman–Crippen LogP) is 6.67. The van der Waals surface area contributed by atoms with Crippen molar-refractivity contribution in [3.05, 3.63) is 0 Å². The molecular weight excluding hydrogens is 429 g/mol. The fourth-order valence-corrected chi connectivity index (χ4v) is 3.45. The summed E-state index contributed by atoms with van der Waals surface area (Å²) in [4.78, 5) is 33.4. The Morgan fingerprint density at radius 1 is 0.697 bits per heavy atom. The number of aliphatic carboxylic acids is 2. The summed E-state index contributed by atoms with van der Waals surface area (Å²) in [7, 11) is 0. The zero-order chi connectivity index (χ0) is 25.3. The summed E-state index contributed by atoms with van der Waals surface area (Å²) < 4.78 is 0.972. The van der Waals surface area contributed by atoms with Gasteiger partial charge in [0, 0.05) is 12.8 Å². The Hall–Kier alpha value is -0.590. The molecule has 0 aliphatic rings. The Kier molecular flexibility index (Phi) is 27.3. The minimum atomic E-state index is -1.18. The first-order valence-electron chi connectivity index (χ1n) is 13.4. The molecule has 0 saturated carbocycles. The normalized spacial score (nSPS) is 11.6. The number of amides is 1. The van der Waals surface area contributed by atoms with Gasteiger partial charge in [-0.2, -0.15) is 0 Å². The van der Waals surface area contributed by atoms with Crippen molar-refractivity contribution in [2.24, 2.45) is 0 Å². The number of carboxylic acids is 2. The van der Waals surface area contributed by atoms with Crippen LogP contribution in [0.2, 0.25) is 3.17 Å². The van der Waals surface area contributed by atoms with Crippen LogP contribution in [0, 0.1) is 0 Å². The molecule has 3 N–H and O–H groups in total. The average molecular weight is 480 g/mol. The minimum absolute atomic E-state index is 0.0880. The van der Waals surface area contributed by atoms with Gasteiger partial charge in [0.05, 0.1) is 0 Å². The third-order valence-corrected chi connectivity index (χ3v) is 5.29. The molecule has 0 aromatic rings. The monoisotopic (exact) mass is 479 g/mol. The molecule has 0 saturated heterocycles. The van der Waals surface area contributed by atoms with Crippen molar-refractivity contribution in [2.45, 2.75) is 146 Å². The number of unbranched alkanes of at least 4 members (excludes halogenated alkanes) is 14. The van der Waals surface area contributed by atoms with E-state index in [9.17, 15) is 14.4 Å². The van der Waals surface area contributed by atoms with E-state index in [0.717, 1.165) is 22.4 Å². The predicted molar refractivity (Wildman–Crippen MR) is 137 cm³/mol. The molecule has 0 fully saturated rings. The number of hydrogen-bond acceptors (Lipinski definition) is 3. The first-order valence-corrected chi connectivity index (χ1v) is 14.6. The van der Waals surface area contributed by atoms with Gasteiger partial charge in [-0.05, 0) is 12.8 Å². The molecule has 0 heterocycles. The van der Waals surface area contributed by atoms with Gasteiger partial charge in [-0.15, -0.1) is 0 Å². The number of carbonyl (C=O) groups excluding carboxylic acids is 1. The van der Waals surface area contributed by atoms with Crippen LogP contribution in [0.1, 0.15) is 136 Å². The van der Waals surface area contributed by atoms with Crippen LogP contribution in [0.4, 0.5) is 0 Å². The molecule has 0 aliphatic heterocycles. The molecule has 33 heavy (non-hydrogen) atoms. The van der Waals surface area contributed by atoms with E-state index in [0.29, 0.717) is 6.42 Å². The Balaban J connectivity index is 0. The quantitative estimate of drug-likeness (QED) is 0.126. The third kappa shape index (κ3) is 31.4. The molecule has 1 amide bonds. The van der Waals surface area contributed by atoms with Crippen molar-refractivity contribution in [1.82, 2.24) is 5.32 Å². The fourth-order valence-electron chi connectivity index (χ4n) is 3.45. The van der Waals surface area contributed by atoms with Crippen LogP contribution in [-0.4, -0.2) is 62.0 Å². The topological polar surface area (TPSA) is 104 Å². The third-order valence-electron chi connectivity index (χ3n) is 5.29. The van der Waals surface area contributed by atoms with Crippen molar-refractivity contribution < 1.29 is 24.6 Å². The molecule has 0 aromatic carbocycles. The molecule has 0 spiro atoms. The molecule has 0 aliphatic carbocycles. The van der Waals surface area contributed by atoms with E-state index >= 15 is 0 Å².